The van der Waals surface area contributed by atoms with Crippen LogP contribution in [0.5, 0.6) is 17.2 Å². The normalized spacial score (nSPS) is 16.0. The highest BCUT2D eigenvalue weighted by molar-refractivity contribution is 5.85. The van der Waals surface area contributed by atoms with Gasteiger partial charge in [0.25, 0.3) is 0 Å². The van der Waals surface area contributed by atoms with Crippen LogP contribution in [0.3, 0.4) is 0 Å². The maximum atomic E-state index is 6.33. The molecule has 2 aromatic carbocycles. The number of halogens is 1. The minimum atomic E-state index is 0. The van der Waals surface area contributed by atoms with Gasteiger partial charge < -0.3 is 19.5 Å². The summed E-state index contributed by atoms with van der Waals surface area (Å²) in [6, 6.07) is 14.3. The Hall–Kier alpha value is -1.91. The van der Waals surface area contributed by atoms with E-state index in [9.17, 15) is 0 Å². The fourth-order valence-electron chi connectivity index (χ4n) is 3.53. The quantitative estimate of drug-likeness (QED) is 0.609. The molecule has 0 saturated heterocycles. The van der Waals surface area contributed by atoms with Gasteiger partial charge in [-0.1, -0.05) is 71.9 Å². The van der Waals surface area contributed by atoms with Crippen molar-refractivity contribution < 1.29 is 14.2 Å². The van der Waals surface area contributed by atoms with E-state index in [2.05, 4.69) is 65.1 Å². The Morgan fingerprint density at radius 3 is 2.10 bits per heavy atom. The van der Waals surface area contributed by atoms with E-state index in [1.54, 1.807) is 0 Å². The summed E-state index contributed by atoms with van der Waals surface area (Å²) in [4.78, 5) is 0. The molecule has 5 heteroatoms. The minimum Gasteiger partial charge on any atom is -0.492 e. The molecule has 0 bridgehead atoms. The van der Waals surface area contributed by atoms with Crippen LogP contribution in [0, 0.1) is 0 Å². The van der Waals surface area contributed by atoms with Crippen molar-refractivity contribution in [3.05, 3.63) is 53.6 Å². The third kappa shape index (κ3) is 6.05. The van der Waals surface area contributed by atoms with E-state index in [0.29, 0.717) is 13.2 Å². The molecule has 1 atom stereocenters. The fourth-order valence-corrected chi connectivity index (χ4v) is 3.53. The summed E-state index contributed by atoms with van der Waals surface area (Å²) in [7, 11) is 0. The van der Waals surface area contributed by atoms with E-state index in [-0.39, 0.29) is 29.3 Å². The van der Waals surface area contributed by atoms with Crippen molar-refractivity contribution in [3.8, 4) is 17.2 Å². The Bertz CT molecular complexity index is 792. The van der Waals surface area contributed by atoms with Gasteiger partial charge in [-0.05, 0) is 34.1 Å². The molecule has 1 N–H and O–H groups in total. The summed E-state index contributed by atoms with van der Waals surface area (Å²) >= 11 is 0. The Morgan fingerprint density at radius 1 is 0.900 bits per heavy atom. The summed E-state index contributed by atoms with van der Waals surface area (Å²) in [5, 5.41) is 3.44. The Balaban J connectivity index is 0.00000320. The first-order chi connectivity index (χ1) is 13.7. The molecular weight excluding hydrogens is 398 g/mol. The number of fused-ring (bicyclic) bond motifs is 1. The van der Waals surface area contributed by atoms with Gasteiger partial charge in [0.1, 0.15) is 25.1 Å². The second-order valence-corrected chi connectivity index (χ2v) is 9.73. The van der Waals surface area contributed by atoms with Gasteiger partial charge in [0.2, 0.25) is 0 Å². The van der Waals surface area contributed by atoms with Crippen LogP contribution >= 0.6 is 12.4 Å². The molecule has 0 fully saturated rings. The monoisotopic (exact) mass is 433 g/mol. The smallest absolute Gasteiger partial charge is 0.161 e. The van der Waals surface area contributed by atoms with E-state index >= 15 is 0 Å². The van der Waals surface area contributed by atoms with Gasteiger partial charge in [0.05, 0.1) is 0 Å². The molecular formula is C25H36ClNO3. The van der Waals surface area contributed by atoms with Crippen LogP contribution in [0.1, 0.15) is 52.7 Å². The lowest BCUT2D eigenvalue weighted by atomic mass is 9.79. The van der Waals surface area contributed by atoms with Crippen LogP contribution in [0.15, 0.2) is 42.5 Å². The van der Waals surface area contributed by atoms with Gasteiger partial charge in [-0.3, -0.25) is 0 Å². The number of benzene rings is 2. The molecule has 0 amide bonds. The van der Waals surface area contributed by atoms with Crippen LogP contribution < -0.4 is 19.5 Å². The van der Waals surface area contributed by atoms with Crippen molar-refractivity contribution in [2.45, 2.75) is 58.5 Å². The second-order valence-electron chi connectivity index (χ2n) is 9.73. The maximum absolute atomic E-state index is 6.33. The summed E-state index contributed by atoms with van der Waals surface area (Å²) in [6.07, 6.45) is 0.0110. The van der Waals surface area contributed by atoms with Crippen LogP contribution in [0.2, 0.25) is 0 Å². The van der Waals surface area contributed by atoms with Gasteiger partial charge in [0, 0.05) is 13.1 Å². The van der Waals surface area contributed by atoms with Gasteiger partial charge in [-0.15, -0.1) is 12.4 Å². The standard InChI is InChI=1S/C25H35NO3.ClH/c1-24(2,3)19-10-9-11-20(25(4,5)6)23(19)27-15-14-26-16-18-17-28-21-12-7-8-13-22(21)29-18;/h7-13,18,26H,14-17H2,1-6H3;1H/t18-;/m0./s1. The number of nitrogens with one attached hydrogen (secondary N) is 1. The first-order valence-corrected chi connectivity index (χ1v) is 10.5. The highest BCUT2D eigenvalue weighted by Crippen LogP contribution is 2.39. The molecule has 4 nitrogen and oxygen atoms in total. The third-order valence-corrected chi connectivity index (χ3v) is 5.10. The molecule has 3 rings (SSSR count). The predicted octanol–water partition coefficient (Wildman–Crippen LogP) is 5.51. The largest absolute Gasteiger partial charge is 0.492 e. The lowest BCUT2D eigenvalue weighted by Crippen LogP contribution is -2.39. The first-order valence-electron chi connectivity index (χ1n) is 10.5. The molecule has 1 heterocycles. The van der Waals surface area contributed by atoms with Gasteiger partial charge >= 0.3 is 0 Å². The Morgan fingerprint density at radius 2 is 1.50 bits per heavy atom. The molecule has 1 aliphatic rings. The number of hydrogen-bond acceptors (Lipinski definition) is 4. The van der Waals surface area contributed by atoms with E-state index in [0.717, 1.165) is 30.3 Å². The fraction of sp³-hybridized carbons (Fsp3) is 0.520. The van der Waals surface area contributed by atoms with Crippen molar-refractivity contribution in [2.24, 2.45) is 0 Å². The predicted molar refractivity (Wildman–Crippen MR) is 126 cm³/mol. The zero-order chi connectivity index (χ0) is 21.1. The number of hydrogen-bond donors (Lipinski definition) is 1. The SMILES string of the molecule is CC(C)(C)c1cccc(C(C)(C)C)c1OCCNC[C@H]1COc2ccccc2O1.Cl. The number of para-hydroxylation sites is 3. The lowest BCUT2D eigenvalue weighted by molar-refractivity contribution is 0.0897. The molecule has 2 aromatic rings. The van der Waals surface area contributed by atoms with Crippen LogP contribution in [0.4, 0.5) is 0 Å². The van der Waals surface area contributed by atoms with Crippen molar-refractivity contribution in [1.82, 2.24) is 5.32 Å². The van der Waals surface area contributed by atoms with Crippen molar-refractivity contribution in [3.63, 3.8) is 0 Å². The van der Waals surface area contributed by atoms with Crippen molar-refractivity contribution in [2.75, 3.05) is 26.3 Å². The molecule has 0 unspecified atom stereocenters. The van der Waals surface area contributed by atoms with Crippen LogP contribution in [0.25, 0.3) is 0 Å². The van der Waals surface area contributed by atoms with E-state index in [1.165, 1.54) is 11.1 Å². The summed E-state index contributed by atoms with van der Waals surface area (Å²) < 4.78 is 18.1. The summed E-state index contributed by atoms with van der Waals surface area (Å²) in [5.41, 5.74) is 2.58. The van der Waals surface area contributed by atoms with E-state index in [4.69, 9.17) is 14.2 Å². The molecule has 0 aliphatic carbocycles. The van der Waals surface area contributed by atoms with Crippen molar-refractivity contribution >= 4 is 12.4 Å². The number of ether oxygens (including phenoxy) is 3. The van der Waals surface area contributed by atoms with Crippen LogP contribution in [-0.2, 0) is 10.8 Å². The lowest BCUT2D eigenvalue weighted by Gasteiger charge is -2.29. The average Bonchev–Trinajstić information content (AvgIpc) is 2.66. The van der Waals surface area contributed by atoms with Gasteiger partial charge in [0.15, 0.2) is 11.5 Å². The molecule has 1 aliphatic heterocycles. The Labute approximate surface area is 187 Å². The summed E-state index contributed by atoms with van der Waals surface area (Å²) in [6.45, 7) is 16.1. The zero-order valence-corrected chi connectivity index (χ0v) is 19.9. The first kappa shape index (κ1) is 24.4. The topological polar surface area (TPSA) is 39.7 Å². The van der Waals surface area contributed by atoms with Gasteiger partial charge in [-0.2, -0.15) is 0 Å². The summed E-state index contributed by atoms with van der Waals surface area (Å²) in [5.74, 6) is 2.66. The van der Waals surface area contributed by atoms with Crippen LogP contribution in [-0.4, -0.2) is 32.4 Å². The molecule has 166 valence electrons. The average molecular weight is 434 g/mol. The number of rotatable bonds is 6. The molecule has 0 saturated carbocycles. The zero-order valence-electron chi connectivity index (χ0n) is 19.1. The Kier molecular flexibility index (Phi) is 8.06. The molecule has 30 heavy (non-hydrogen) atoms. The highest BCUT2D eigenvalue weighted by Gasteiger charge is 2.26. The third-order valence-electron chi connectivity index (χ3n) is 5.10. The highest BCUT2D eigenvalue weighted by atomic mass is 35.5. The van der Waals surface area contributed by atoms with Gasteiger partial charge in [-0.25, -0.2) is 0 Å². The maximum Gasteiger partial charge on any atom is 0.161 e. The second kappa shape index (κ2) is 9.93. The molecule has 0 aromatic heterocycles. The van der Waals surface area contributed by atoms with E-state index < -0.39 is 0 Å². The minimum absolute atomic E-state index is 0. The molecule has 0 radical (unpaired) electrons. The molecule has 0 spiro atoms. The van der Waals surface area contributed by atoms with Crippen molar-refractivity contribution in [1.29, 1.82) is 0 Å². The van der Waals surface area contributed by atoms with E-state index in [1.807, 2.05) is 24.3 Å².